The van der Waals surface area contributed by atoms with Gasteiger partial charge in [-0.2, -0.15) is 0 Å². The van der Waals surface area contributed by atoms with Crippen molar-refractivity contribution in [3.05, 3.63) is 0 Å². The lowest BCUT2D eigenvalue weighted by Gasteiger charge is -2.24. The fourth-order valence-corrected chi connectivity index (χ4v) is 1.63. The van der Waals surface area contributed by atoms with Gasteiger partial charge in [0.2, 0.25) is 0 Å². The van der Waals surface area contributed by atoms with Crippen LogP contribution in [0.1, 0.15) is 41.0 Å². The first-order chi connectivity index (χ1) is 8.81. The van der Waals surface area contributed by atoms with Crippen LogP contribution in [0.5, 0.6) is 0 Å². The zero-order chi connectivity index (χ0) is 15.1. The number of rotatable bonds is 1. The predicted molar refractivity (Wildman–Crippen MR) is 75.2 cm³/mol. The van der Waals surface area contributed by atoms with E-state index in [9.17, 15) is 9.59 Å². The molecule has 112 valence electrons. The van der Waals surface area contributed by atoms with Crippen LogP contribution in [0.2, 0.25) is 0 Å². The van der Waals surface area contributed by atoms with Gasteiger partial charge in [-0.1, -0.05) is 13.8 Å². The fraction of sp³-hybridized carbons (Fsp3) is 0.846. The van der Waals surface area contributed by atoms with Crippen molar-refractivity contribution in [2.24, 2.45) is 0 Å². The highest BCUT2D eigenvalue weighted by atomic mass is 16.6. The Kier molecular flexibility index (Phi) is 7.26. The zero-order valence-electron chi connectivity index (χ0n) is 12.9. The van der Waals surface area contributed by atoms with E-state index in [1.807, 2.05) is 34.6 Å². The topological polar surface area (TPSA) is 70.7 Å². The molecule has 3 amide bonds. The van der Waals surface area contributed by atoms with Crippen molar-refractivity contribution in [2.45, 2.75) is 52.7 Å². The highest BCUT2D eigenvalue weighted by Crippen LogP contribution is 2.15. The van der Waals surface area contributed by atoms with Crippen LogP contribution in [-0.2, 0) is 4.74 Å². The largest absolute Gasteiger partial charge is 0.444 e. The Bertz CT molecular complexity index is 300. The molecule has 6 heteroatoms. The molecule has 0 saturated carbocycles. The maximum Gasteiger partial charge on any atom is 0.410 e. The zero-order valence-corrected chi connectivity index (χ0v) is 12.9. The number of hydrogen-bond donors (Lipinski definition) is 2. The summed E-state index contributed by atoms with van der Waals surface area (Å²) in [6.45, 7) is 10.6. The van der Waals surface area contributed by atoms with Crippen LogP contribution in [0.4, 0.5) is 9.59 Å². The number of likely N-dealkylation sites (tertiary alicyclic amines) is 1. The van der Waals surface area contributed by atoms with E-state index in [0.29, 0.717) is 13.1 Å². The normalized spacial score (nSPS) is 18.2. The third kappa shape index (κ3) is 6.88. The molecular formula is C13H27N3O3. The molecule has 0 bridgehead atoms. The molecule has 1 saturated heterocycles. The molecule has 2 N–H and O–H groups in total. The predicted octanol–water partition coefficient (Wildman–Crippen LogP) is 1.95. The van der Waals surface area contributed by atoms with E-state index in [-0.39, 0.29) is 18.2 Å². The Labute approximate surface area is 115 Å². The smallest absolute Gasteiger partial charge is 0.410 e. The van der Waals surface area contributed by atoms with Gasteiger partial charge in [0.25, 0.3) is 0 Å². The summed E-state index contributed by atoms with van der Waals surface area (Å²) in [4.78, 5) is 24.5. The van der Waals surface area contributed by atoms with Gasteiger partial charge < -0.3 is 20.3 Å². The van der Waals surface area contributed by atoms with E-state index in [0.717, 1.165) is 6.42 Å². The van der Waals surface area contributed by atoms with Crippen molar-refractivity contribution in [1.29, 1.82) is 0 Å². The number of amides is 3. The third-order valence-electron chi connectivity index (χ3n) is 2.40. The van der Waals surface area contributed by atoms with Gasteiger partial charge in [-0.3, -0.25) is 0 Å². The molecule has 1 heterocycles. The van der Waals surface area contributed by atoms with Crippen molar-refractivity contribution >= 4 is 12.1 Å². The summed E-state index contributed by atoms with van der Waals surface area (Å²) in [5.74, 6) is 0. The van der Waals surface area contributed by atoms with Crippen LogP contribution in [0.15, 0.2) is 0 Å². The molecule has 0 aromatic carbocycles. The average Bonchev–Trinajstić information content (AvgIpc) is 2.78. The maximum absolute atomic E-state index is 11.7. The molecule has 0 spiro atoms. The summed E-state index contributed by atoms with van der Waals surface area (Å²) in [5.41, 5.74) is -0.483. The van der Waals surface area contributed by atoms with E-state index < -0.39 is 5.60 Å². The van der Waals surface area contributed by atoms with Crippen molar-refractivity contribution in [1.82, 2.24) is 15.5 Å². The number of nitrogens with zero attached hydrogens (tertiary/aromatic N) is 1. The first kappa shape index (κ1) is 17.5. The van der Waals surface area contributed by atoms with Gasteiger partial charge in [0.05, 0.1) is 0 Å². The minimum absolute atomic E-state index is 0.00229. The fourth-order valence-electron chi connectivity index (χ4n) is 1.63. The summed E-state index contributed by atoms with van der Waals surface area (Å²) in [7, 11) is 1.57. The van der Waals surface area contributed by atoms with Gasteiger partial charge in [-0.25, -0.2) is 9.59 Å². The minimum Gasteiger partial charge on any atom is -0.444 e. The molecule has 0 aromatic rings. The lowest BCUT2D eigenvalue weighted by molar-refractivity contribution is 0.0291. The van der Waals surface area contributed by atoms with Crippen molar-refractivity contribution in [3.63, 3.8) is 0 Å². The van der Waals surface area contributed by atoms with Crippen molar-refractivity contribution in [2.75, 3.05) is 20.1 Å². The molecule has 1 fully saturated rings. The van der Waals surface area contributed by atoms with Gasteiger partial charge in [0, 0.05) is 26.2 Å². The molecule has 0 aliphatic carbocycles. The van der Waals surface area contributed by atoms with Crippen molar-refractivity contribution in [3.8, 4) is 0 Å². The van der Waals surface area contributed by atoms with Gasteiger partial charge in [-0.15, -0.1) is 0 Å². The molecule has 19 heavy (non-hydrogen) atoms. The summed E-state index contributed by atoms with van der Waals surface area (Å²) in [6, 6.07) is -0.219. The first-order valence-corrected chi connectivity index (χ1v) is 6.78. The quantitative estimate of drug-likeness (QED) is 0.767. The van der Waals surface area contributed by atoms with Crippen LogP contribution in [-0.4, -0.2) is 48.8 Å². The van der Waals surface area contributed by atoms with Crippen molar-refractivity contribution < 1.29 is 14.3 Å². The molecule has 1 unspecified atom stereocenters. The second-order valence-electron chi connectivity index (χ2n) is 5.14. The number of carbonyl (C=O) groups is 2. The molecule has 0 aromatic heterocycles. The van der Waals surface area contributed by atoms with E-state index in [2.05, 4.69) is 10.6 Å². The second-order valence-corrected chi connectivity index (χ2v) is 5.14. The Morgan fingerprint density at radius 2 is 1.84 bits per heavy atom. The molecule has 1 atom stereocenters. The number of carbonyl (C=O) groups excluding carboxylic acids is 2. The molecule has 1 rings (SSSR count). The van der Waals surface area contributed by atoms with Gasteiger partial charge in [0.15, 0.2) is 0 Å². The van der Waals surface area contributed by atoms with Crippen LogP contribution >= 0.6 is 0 Å². The van der Waals surface area contributed by atoms with E-state index in [4.69, 9.17) is 4.74 Å². The van der Waals surface area contributed by atoms with Gasteiger partial charge >= 0.3 is 12.1 Å². The molecule has 1 aliphatic rings. The number of ether oxygens (including phenoxy) is 1. The first-order valence-electron chi connectivity index (χ1n) is 6.78. The molecular weight excluding hydrogens is 246 g/mol. The van der Waals surface area contributed by atoms with Crippen LogP contribution < -0.4 is 10.6 Å². The summed E-state index contributed by atoms with van der Waals surface area (Å²) in [5, 5.41) is 5.27. The summed E-state index contributed by atoms with van der Waals surface area (Å²) < 4.78 is 5.26. The number of hydrogen-bond acceptors (Lipinski definition) is 3. The van der Waals surface area contributed by atoms with Crippen LogP contribution in [0, 0.1) is 0 Å². The monoisotopic (exact) mass is 273 g/mol. The minimum atomic E-state index is -0.483. The average molecular weight is 273 g/mol. The maximum atomic E-state index is 11.7. The summed E-state index contributed by atoms with van der Waals surface area (Å²) >= 11 is 0. The van der Waals surface area contributed by atoms with E-state index in [1.54, 1.807) is 11.9 Å². The second kappa shape index (κ2) is 7.86. The number of nitrogens with one attached hydrogen (secondary N) is 2. The lowest BCUT2D eigenvalue weighted by atomic mass is 10.2. The SMILES string of the molecule is CC.CNC(=O)NC1CCN(C(=O)OC(C)(C)C)C1. The molecule has 1 aliphatic heterocycles. The lowest BCUT2D eigenvalue weighted by Crippen LogP contribution is -2.43. The Balaban J connectivity index is 0.00000154. The van der Waals surface area contributed by atoms with Gasteiger partial charge in [-0.05, 0) is 27.2 Å². The van der Waals surface area contributed by atoms with Crippen LogP contribution in [0.25, 0.3) is 0 Å². The Morgan fingerprint density at radius 1 is 1.26 bits per heavy atom. The standard InChI is InChI=1S/C11H21N3O3.C2H6/c1-11(2,3)17-10(16)14-6-5-8(7-14)13-9(15)12-4;1-2/h8H,5-7H2,1-4H3,(H2,12,13,15);1-2H3. The summed E-state index contributed by atoms with van der Waals surface area (Å²) in [6.07, 6.45) is 0.436. The Morgan fingerprint density at radius 3 is 2.32 bits per heavy atom. The van der Waals surface area contributed by atoms with E-state index >= 15 is 0 Å². The molecule has 0 radical (unpaired) electrons. The highest BCUT2D eigenvalue weighted by Gasteiger charge is 2.30. The third-order valence-corrected chi connectivity index (χ3v) is 2.40. The number of urea groups is 1. The van der Waals surface area contributed by atoms with Crippen LogP contribution in [0.3, 0.4) is 0 Å². The van der Waals surface area contributed by atoms with Gasteiger partial charge in [0.1, 0.15) is 5.60 Å². The molecule has 6 nitrogen and oxygen atoms in total. The van der Waals surface area contributed by atoms with E-state index in [1.165, 1.54) is 0 Å². The Hall–Kier alpha value is -1.46. The highest BCUT2D eigenvalue weighted by molar-refractivity contribution is 5.74.